The minimum Gasteiger partial charge on any atom is -0.377 e. The van der Waals surface area contributed by atoms with Crippen molar-refractivity contribution in [2.45, 2.75) is 19.4 Å². The van der Waals surface area contributed by atoms with E-state index in [1.165, 1.54) is 0 Å². The molecule has 2 aliphatic rings. The molecular weight excluding hydrogens is 242 g/mol. The lowest BCUT2D eigenvalue weighted by Crippen LogP contribution is -2.44. The van der Waals surface area contributed by atoms with Crippen LogP contribution in [0.3, 0.4) is 0 Å². The van der Waals surface area contributed by atoms with Crippen LogP contribution in [0.15, 0.2) is 6.07 Å². The summed E-state index contributed by atoms with van der Waals surface area (Å²) in [6, 6.07) is 2.44. The molecule has 0 spiro atoms. The van der Waals surface area contributed by atoms with Gasteiger partial charge in [-0.15, -0.1) is 0 Å². The number of aromatic nitrogens is 2. The van der Waals surface area contributed by atoms with Crippen molar-refractivity contribution in [3.8, 4) is 0 Å². The van der Waals surface area contributed by atoms with Gasteiger partial charge < -0.3 is 20.3 Å². The highest BCUT2D eigenvalue weighted by molar-refractivity contribution is 5.45. The van der Waals surface area contributed by atoms with Crippen molar-refractivity contribution in [3.05, 3.63) is 11.8 Å². The highest BCUT2D eigenvalue weighted by Crippen LogP contribution is 2.17. The molecule has 0 atom stereocenters. The summed E-state index contributed by atoms with van der Waals surface area (Å²) in [6.45, 7) is 7.61. The lowest BCUT2D eigenvalue weighted by atomic mass is 10.2. The van der Waals surface area contributed by atoms with E-state index in [4.69, 9.17) is 4.74 Å². The Morgan fingerprint density at radius 3 is 2.79 bits per heavy atom. The van der Waals surface area contributed by atoms with Crippen molar-refractivity contribution in [2.24, 2.45) is 0 Å². The summed E-state index contributed by atoms with van der Waals surface area (Å²) in [5.74, 6) is 1.78. The quantitative estimate of drug-likeness (QED) is 0.812. The first kappa shape index (κ1) is 12.6. The SMILES string of the molecule is CCc1cc(NC2COC2)nc(N2CCNCC2)n1. The van der Waals surface area contributed by atoms with E-state index in [0.717, 1.165) is 63.3 Å². The molecule has 0 unspecified atom stereocenters. The second-order valence-corrected chi connectivity index (χ2v) is 5.01. The van der Waals surface area contributed by atoms with Gasteiger partial charge in [-0.05, 0) is 6.42 Å². The summed E-state index contributed by atoms with van der Waals surface area (Å²) in [4.78, 5) is 11.5. The van der Waals surface area contributed by atoms with Gasteiger partial charge in [-0.25, -0.2) is 4.98 Å². The average Bonchev–Trinajstić information content (AvgIpc) is 2.43. The van der Waals surface area contributed by atoms with Crippen LogP contribution < -0.4 is 15.5 Å². The van der Waals surface area contributed by atoms with E-state index in [1.807, 2.05) is 6.07 Å². The van der Waals surface area contributed by atoms with Crippen LogP contribution in [-0.4, -0.2) is 55.4 Å². The van der Waals surface area contributed by atoms with Gasteiger partial charge in [-0.2, -0.15) is 4.98 Å². The predicted molar refractivity (Wildman–Crippen MR) is 74.7 cm³/mol. The van der Waals surface area contributed by atoms with Crippen LogP contribution in [0.2, 0.25) is 0 Å². The van der Waals surface area contributed by atoms with Gasteiger partial charge >= 0.3 is 0 Å². The number of aryl methyl sites for hydroxylation is 1. The van der Waals surface area contributed by atoms with Crippen LogP contribution >= 0.6 is 0 Å². The molecule has 1 aromatic rings. The number of rotatable bonds is 4. The normalized spacial score (nSPS) is 20.2. The summed E-state index contributed by atoms with van der Waals surface area (Å²) in [7, 11) is 0. The second kappa shape index (κ2) is 5.71. The molecule has 3 heterocycles. The van der Waals surface area contributed by atoms with E-state index >= 15 is 0 Å². The van der Waals surface area contributed by atoms with E-state index in [-0.39, 0.29) is 0 Å². The lowest BCUT2D eigenvalue weighted by molar-refractivity contribution is 0.0209. The monoisotopic (exact) mass is 263 g/mol. The number of nitrogens with zero attached hydrogens (tertiary/aromatic N) is 3. The number of hydrogen-bond donors (Lipinski definition) is 2. The van der Waals surface area contributed by atoms with Gasteiger partial charge in [-0.3, -0.25) is 0 Å². The molecule has 0 amide bonds. The summed E-state index contributed by atoms with van der Waals surface area (Å²) in [6.07, 6.45) is 0.928. The van der Waals surface area contributed by atoms with Crippen molar-refractivity contribution in [1.29, 1.82) is 0 Å². The molecule has 0 aliphatic carbocycles. The Bertz CT molecular complexity index is 429. The standard InChI is InChI=1S/C13H21N5O/c1-2-10-7-12(15-11-8-19-9-11)17-13(16-10)18-5-3-14-4-6-18/h7,11,14H,2-6,8-9H2,1H3,(H,15,16,17). The molecule has 0 saturated carbocycles. The Labute approximate surface area is 113 Å². The van der Waals surface area contributed by atoms with Crippen LogP contribution in [0.5, 0.6) is 0 Å². The Balaban J connectivity index is 1.78. The fraction of sp³-hybridized carbons (Fsp3) is 0.692. The fourth-order valence-electron chi connectivity index (χ4n) is 2.27. The van der Waals surface area contributed by atoms with Crippen LogP contribution in [-0.2, 0) is 11.2 Å². The van der Waals surface area contributed by atoms with Crippen molar-refractivity contribution in [1.82, 2.24) is 15.3 Å². The van der Waals surface area contributed by atoms with Crippen LogP contribution in [0.1, 0.15) is 12.6 Å². The molecule has 1 aromatic heterocycles. The van der Waals surface area contributed by atoms with Gasteiger partial charge in [0.25, 0.3) is 0 Å². The third kappa shape index (κ3) is 2.96. The summed E-state index contributed by atoms with van der Waals surface area (Å²) >= 11 is 0. The maximum absolute atomic E-state index is 5.19. The Morgan fingerprint density at radius 2 is 2.16 bits per heavy atom. The molecule has 6 nitrogen and oxygen atoms in total. The van der Waals surface area contributed by atoms with Crippen LogP contribution in [0.25, 0.3) is 0 Å². The molecule has 2 N–H and O–H groups in total. The molecule has 6 heteroatoms. The zero-order valence-corrected chi connectivity index (χ0v) is 11.4. The van der Waals surface area contributed by atoms with E-state index in [0.29, 0.717) is 6.04 Å². The van der Waals surface area contributed by atoms with Gasteiger partial charge in [0.1, 0.15) is 5.82 Å². The summed E-state index contributed by atoms with van der Waals surface area (Å²) in [5.41, 5.74) is 1.09. The van der Waals surface area contributed by atoms with Gasteiger partial charge in [0.05, 0.1) is 19.3 Å². The average molecular weight is 263 g/mol. The van der Waals surface area contributed by atoms with Gasteiger partial charge in [0.15, 0.2) is 0 Å². The molecule has 2 aliphatic heterocycles. The molecule has 104 valence electrons. The first-order valence-corrected chi connectivity index (χ1v) is 7.03. The molecule has 0 radical (unpaired) electrons. The summed E-state index contributed by atoms with van der Waals surface area (Å²) in [5, 5.41) is 6.76. The Hall–Kier alpha value is -1.40. The van der Waals surface area contributed by atoms with Gasteiger partial charge in [0.2, 0.25) is 5.95 Å². The molecule has 19 heavy (non-hydrogen) atoms. The van der Waals surface area contributed by atoms with Crippen molar-refractivity contribution in [3.63, 3.8) is 0 Å². The maximum atomic E-state index is 5.19. The molecule has 0 bridgehead atoms. The van der Waals surface area contributed by atoms with Crippen molar-refractivity contribution < 1.29 is 4.74 Å². The molecule has 2 fully saturated rings. The fourth-order valence-corrected chi connectivity index (χ4v) is 2.27. The second-order valence-electron chi connectivity index (χ2n) is 5.01. The number of nitrogens with one attached hydrogen (secondary N) is 2. The topological polar surface area (TPSA) is 62.3 Å². The Kier molecular flexibility index (Phi) is 3.79. The van der Waals surface area contributed by atoms with Gasteiger partial charge in [-0.1, -0.05) is 6.92 Å². The van der Waals surface area contributed by atoms with E-state index in [2.05, 4.69) is 32.4 Å². The lowest BCUT2D eigenvalue weighted by Gasteiger charge is -2.30. The number of ether oxygens (including phenoxy) is 1. The third-order valence-electron chi connectivity index (χ3n) is 3.52. The molecule has 3 rings (SSSR count). The van der Waals surface area contributed by atoms with Crippen LogP contribution in [0, 0.1) is 0 Å². The highest BCUT2D eigenvalue weighted by Gasteiger charge is 2.20. The Morgan fingerprint density at radius 1 is 1.37 bits per heavy atom. The van der Waals surface area contributed by atoms with Crippen molar-refractivity contribution >= 4 is 11.8 Å². The first-order valence-electron chi connectivity index (χ1n) is 7.03. The largest absolute Gasteiger partial charge is 0.377 e. The molecular formula is C13H21N5O. The minimum absolute atomic E-state index is 0.399. The maximum Gasteiger partial charge on any atom is 0.227 e. The highest BCUT2D eigenvalue weighted by atomic mass is 16.5. The summed E-state index contributed by atoms with van der Waals surface area (Å²) < 4.78 is 5.19. The number of hydrogen-bond acceptors (Lipinski definition) is 6. The zero-order chi connectivity index (χ0) is 13.1. The number of anilines is 2. The van der Waals surface area contributed by atoms with Crippen LogP contribution in [0.4, 0.5) is 11.8 Å². The smallest absolute Gasteiger partial charge is 0.227 e. The van der Waals surface area contributed by atoms with Gasteiger partial charge in [0, 0.05) is 37.9 Å². The van der Waals surface area contributed by atoms with E-state index in [9.17, 15) is 0 Å². The van der Waals surface area contributed by atoms with E-state index in [1.54, 1.807) is 0 Å². The van der Waals surface area contributed by atoms with Crippen molar-refractivity contribution in [2.75, 3.05) is 49.6 Å². The molecule has 0 aromatic carbocycles. The number of piperazine rings is 1. The third-order valence-corrected chi connectivity index (χ3v) is 3.52. The molecule has 2 saturated heterocycles. The first-order chi connectivity index (χ1) is 9.35. The zero-order valence-electron chi connectivity index (χ0n) is 11.4. The minimum atomic E-state index is 0.399. The van der Waals surface area contributed by atoms with E-state index < -0.39 is 0 Å². The predicted octanol–water partition coefficient (Wildman–Crippen LogP) is 0.259.